The highest BCUT2D eigenvalue weighted by Gasteiger charge is 2.38. The molecule has 6 nitrogen and oxygen atoms in total. The number of hydrogen-bond acceptors (Lipinski definition) is 4. The van der Waals surface area contributed by atoms with Crippen LogP contribution in [0.1, 0.15) is 40.3 Å². The molecule has 1 aromatic heterocycles. The van der Waals surface area contributed by atoms with E-state index in [0.717, 1.165) is 65.1 Å². The monoisotopic (exact) mass is 536 g/mol. The number of rotatable bonds is 5. The summed E-state index contributed by atoms with van der Waals surface area (Å²) >= 11 is 1.62. The molecule has 0 spiro atoms. The predicted molar refractivity (Wildman–Crippen MR) is 157 cm³/mol. The minimum absolute atomic E-state index is 0.0101. The number of benzene rings is 3. The first-order valence-electron chi connectivity index (χ1n) is 13.5. The van der Waals surface area contributed by atoms with Crippen LogP contribution in [0.15, 0.2) is 78.9 Å². The van der Waals surface area contributed by atoms with E-state index in [1.807, 2.05) is 46.0 Å². The van der Waals surface area contributed by atoms with Gasteiger partial charge in [0, 0.05) is 24.2 Å². The fraction of sp³-hybridized carbons (Fsp3) is 0.281. The Balaban J connectivity index is 1.61. The maximum Gasteiger partial charge on any atom is 0.242 e. The van der Waals surface area contributed by atoms with Gasteiger partial charge >= 0.3 is 0 Å². The molecule has 6 rings (SSSR count). The van der Waals surface area contributed by atoms with Crippen molar-refractivity contribution in [2.45, 2.75) is 31.9 Å². The van der Waals surface area contributed by atoms with Gasteiger partial charge < -0.3 is 4.90 Å². The Kier molecular flexibility index (Phi) is 7.00. The van der Waals surface area contributed by atoms with Crippen molar-refractivity contribution in [3.63, 3.8) is 0 Å². The van der Waals surface area contributed by atoms with Gasteiger partial charge in [0.05, 0.1) is 22.4 Å². The van der Waals surface area contributed by atoms with E-state index in [9.17, 15) is 9.59 Å². The van der Waals surface area contributed by atoms with Crippen molar-refractivity contribution in [3.8, 4) is 16.9 Å². The van der Waals surface area contributed by atoms with E-state index < -0.39 is 0 Å². The summed E-state index contributed by atoms with van der Waals surface area (Å²) in [4.78, 5) is 30.9. The first kappa shape index (κ1) is 25.4. The molecule has 0 radical (unpaired) electrons. The van der Waals surface area contributed by atoms with Crippen molar-refractivity contribution in [2.75, 3.05) is 30.3 Å². The number of carbonyl (C=O) groups is 2. The van der Waals surface area contributed by atoms with Crippen LogP contribution < -0.4 is 4.90 Å². The molecular weight excluding hydrogens is 504 g/mol. The Morgan fingerprint density at radius 3 is 2.33 bits per heavy atom. The number of thioether (sulfide) groups is 1. The van der Waals surface area contributed by atoms with Gasteiger partial charge in [0.15, 0.2) is 0 Å². The highest BCUT2D eigenvalue weighted by Crippen LogP contribution is 2.49. The van der Waals surface area contributed by atoms with Crippen molar-refractivity contribution >= 4 is 29.4 Å². The van der Waals surface area contributed by atoms with E-state index in [-0.39, 0.29) is 29.4 Å². The lowest BCUT2D eigenvalue weighted by Gasteiger charge is -2.25. The van der Waals surface area contributed by atoms with E-state index in [4.69, 9.17) is 5.10 Å². The second-order valence-corrected chi connectivity index (χ2v) is 11.4. The van der Waals surface area contributed by atoms with E-state index in [2.05, 4.69) is 56.3 Å². The molecule has 3 heterocycles. The summed E-state index contributed by atoms with van der Waals surface area (Å²) in [6, 6.07) is 26.7. The molecule has 0 bridgehead atoms. The third-order valence-electron chi connectivity index (χ3n) is 7.64. The lowest BCUT2D eigenvalue weighted by atomic mass is 9.97. The first-order valence-corrected chi connectivity index (χ1v) is 14.6. The third-order valence-corrected chi connectivity index (χ3v) is 8.87. The van der Waals surface area contributed by atoms with Gasteiger partial charge in [0.2, 0.25) is 11.8 Å². The van der Waals surface area contributed by atoms with Crippen molar-refractivity contribution in [1.29, 1.82) is 0 Å². The van der Waals surface area contributed by atoms with Crippen LogP contribution in [0.5, 0.6) is 0 Å². The smallest absolute Gasteiger partial charge is 0.242 e. The van der Waals surface area contributed by atoms with Crippen molar-refractivity contribution in [3.05, 3.63) is 101 Å². The van der Waals surface area contributed by atoms with Crippen LogP contribution >= 0.6 is 11.8 Å². The number of aryl methyl sites for hydroxylation is 2. The number of hydrogen-bond donors (Lipinski definition) is 0. The summed E-state index contributed by atoms with van der Waals surface area (Å²) in [5.41, 5.74) is 7.12. The van der Waals surface area contributed by atoms with Gasteiger partial charge in [-0.15, -0.1) is 11.8 Å². The molecule has 3 aromatic carbocycles. The number of aromatic nitrogens is 2. The average Bonchev–Trinajstić information content (AvgIpc) is 3.60. The Labute approximate surface area is 233 Å². The van der Waals surface area contributed by atoms with Crippen LogP contribution in [0, 0.1) is 13.8 Å². The number of likely N-dealkylation sites (tertiary alicyclic amines) is 1. The molecule has 0 unspecified atom stereocenters. The molecule has 7 heteroatoms. The zero-order valence-corrected chi connectivity index (χ0v) is 23.2. The molecule has 4 aromatic rings. The molecule has 0 saturated carbocycles. The molecule has 1 saturated heterocycles. The van der Waals surface area contributed by atoms with E-state index >= 15 is 0 Å². The Morgan fingerprint density at radius 2 is 1.62 bits per heavy atom. The Bertz CT molecular complexity index is 1510. The third kappa shape index (κ3) is 4.87. The van der Waals surface area contributed by atoms with Crippen molar-refractivity contribution in [2.24, 2.45) is 0 Å². The van der Waals surface area contributed by atoms with Gasteiger partial charge in [0.1, 0.15) is 12.4 Å². The van der Waals surface area contributed by atoms with Crippen LogP contribution in [0.3, 0.4) is 0 Å². The van der Waals surface area contributed by atoms with Gasteiger partial charge in [-0.05, 0) is 49.9 Å². The van der Waals surface area contributed by atoms with Crippen molar-refractivity contribution < 1.29 is 9.59 Å². The zero-order valence-electron chi connectivity index (χ0n) is 22.3. The average molecular weight is 537 g/mol. The molecule has 2 aliphatic heterocycles. The van der Waals surface area contributed by atoms with Crippen LogP contribution in [0.25, 0.3) is 16.9 Å². The van der Waals surface area contributed by atoms with Crippen LogP contribution in [0.2, 0.25) is 0 Å². The molecule has 198 valence electrons. The topological polar surface area (TPSA) is 58.4 Å². The van der Waals surface area contributed by atoms with Gasteiger partial charge in [-0.25, -0.2) is 4.68 Å². The van der Waals surface area contributed by atoms with E-state index in [1.54, 1.807) is 16.7 Å². The maximum absolute atomic E-state index is 13.9. The fourth-order valence-electron chi connectivity index (χ4n) is 5.52. The minimum Gasteiger partial charge on any atom is -0.341 e. The standard InChI is InChI=1S/C32H32N4O2S/c1-22-14-16-25(17-15-22)36-32-29(30(33-36)24-11-4-3-5-12-24)31(26-13-7-6-10-23(26)2)39-21-28(38)35(32)20-27(37)34-18-8-9-19-34/h3-7,10-17,31H,8-9,18-21H2,1-2H3/t31-/m1/s1. The summed E-state index contributed by atoms with van der Waals surface area (Å²) in [7, 11) is 0. The van der Waals surface area contributed by atoms with Crippen LogP contribution in [0.4, 0.5) is 5.82 Å². The molecule has 1 atom stereocenters. The van der Waals surface area contributed by atoms with Gasteiger partial charge in [-0.1, -0.05) is 72.3 Å². The molecule has 0 aliphatic carbocycles. The molecule has 2 amide bonds. The largest absolute Gasteiger partial charge is 0.341 e. The molecule has 1 fully saturated rings. The van der Waals surface area contributed by atoms with Gasteiger partial charge in [0.25, 0.3) is 0 Å². The van der Waals surface area contributed by atoms with Crippen molar-refractivity contribution in [1.82, 2.24) is 14.7 Å². The molecule has 2 aliphatic rings. The minimum atomic E-state index is -0.119. The van der Waals surface area contributed by atoms with Crippen LogP contribution in [-0.4, -0.2) is 51.9 Å². The number of amides is 2. The highest BCUT2D eigenvalue weighted by molar-refractivity contribution is 8.00. The number of fused-ring (bicyclic) bond motifs is 1. The van der Waals surface area contributed by atoms with E-state index in [0.29, 0.717) is 5.82 Å². The second kappa shape index (κ2) is 10.7. The summed E-state index contributed by atoms with van der Waals surface area (Å²) in [6.07, 6.45) is 2.02. The van der Waals surface area contributed by atoms with Gasteiger partial charge in [-0.2, -0.15) is 5.10 Å². The molecule has 0 N–H and O–H groups in total. The molecular formula is C32H32N4O2S. The lowest BCUT2D eigenvalue weighted by molar-refractivity contribution is -0.130. The first-order chi connectivity index (χ1) is 19.0. The number of anilines is 1. The molecule has 39 heavy (non-hydrogen) atoms. The Morgan fingerprint density at radius 1 is 0.923 bits per heavy atom. The van der Waals surface area contributed by atoms with E-state index in [1.165, 1.54) is 0 Å². The van der Waals surface area contributed by atoms with Crippen LogP contribution in [-0.2, 0) is 9.59 Å². The summed E-state index contributed by atoms with van der Waals surface area (Å²) < 4.78 is 1.88. The lowest BCUT2D eigenvalue weighted by Crippen LogP contribution is -2.43. The SMILES string of the molecule is Cc1ccc(-n2nc(-c3ccccc3)c3c2N(CC(=O)N2CCCC2)C(=O)CS[C@@H]3c2ccccc2C)cc1. The normalized spacial score (nSPS) is 17.3. The summed E-state index contributed by atoms with van der Waals surface area (Å²) in [5.74, 6) is 0.888. The van der Waals surface area contributed by atoms with Gasteiger partial charge in [-0.3, -0.25) is 14.5 Å². The highest BCUT2D eigenvalue weighted by atomic mass is 32.2. The second-order valence-electron chi connectivity index (χ2n) is 10.3. The Hall–Kier alpha value is -3.84. The fourth-order valence-corrected chi connectivity index (χ4v) is 6.82. The zero-order chi connectivity index (χ0) is 26.9. The quantitative estimate of drug-likeness (QED) is 0.316. The summed E-state index contributed by atoms with van der Waals surface area (Å²) in [6.45, 7) is 5.68. The predicted octanol–water partition coefficient (Wildman–Crippen LogP) is 5.95. The maximum atomic E-state index is 13.9. The number of nitrogens with zero attached hydrogens (tertiary/aromatic N) is 4. The summed E-state index contributed by atoms with van der Waals surface area (Å²) in [5, 5.41) is 5.06. The number of carbonyl (C=O) groups excluding carboxylic acids is 2.